The maximum atomic E-state index is 13.1. The van der Waals surface area contributed by atoms with Gasteiger partial charge >= 0.3 is 5.97 Å². The minimum atomic E-state index is -1.10. The predicted octanol–water partition coefficient (Wildman–Crippen LogP) is 6.94. The Morgan fingerprint density at radius 3 is 2.41 bits per heavy atom. The smallest absolute Gasteiger partial charge is 0.311 e. The van der Waals surface area contributed by atoms with Gasteiger partial charge in [-0.05, 0) is 47.1 Å². The summed E-state index contributed by atoms with van der Waals surface area (Å²) in [5.74, 6) is 0.870. The molecule has 0 amide bonds. The molecule has 4 rings (SSSR count). The van der Waals surface area contributed by atoms with E-state index in [9.17, 15) is 10.1 Å². The number of esters is 1. The van der Waals surface area contributed by atoms with Crippen LogP contribution in [-0.4, -0.2) is 11.0 Å². The molecule has 0 aliphatic heterocycles. The summed E-state index contributed by atoms with van der Waals surface area (Å²) in [6.07, 6.45) is -0.0126. The summed E-state index contributed by atoms with van der Waals surface area (Å²) < 4.78 is 11.4. The summed E-state index contributed by atoms with van der Waals surface area (Å²) in [5, 5.41) is 9.72. The van der Waals surface area contributed by atoms with Gasteiger partial charge in [-0.3, -0.25) is 4.79 Å². The van der Waals surface area contributed by atoms with Crippen LogP contribution in [0, 0.1) is 22.7 Å². The number of para-hydroxylation sites is 1. The summed E-state index contributed by atoms with van der Waals surface area (Å²) in [5.41, 5.74) is 2.54. The van der Waals surface area contributed by atoms with Crippen molar-refractivity contribution in [1.29, 1.82) is 5.26 Å². The van der Waals surface area contributed by atoms with Gasteiger partial charge in [0.15, 0.2) is 0 Å². The number of nitrogens with zero attached hydrogens (tertiary/aromatic N) is 2. The van der Waals surface area contributed by atoms with Gasteiger partial charge in [-0.25, -0.2) is 4.98 Å². The largest absolute Gasteiger partial charge is 0.440 e. The summed E-state index contributed by atoms with van der Waals surface area (Å²) in [4.78, 5) is 17.5. The second-order valence-corrected chi connectivity index (χ2v) is 9.51. The Labute approximate surface area is 201 Å². The number of aromatic nitrogens is 1. The highest BCUT2D eigenvalue weighted by Gasteiger charge is 2.63. The van der Waals surface area contributed by atoms with Gasteiger partial charge in [0.1, 0.15) is 11.8 Å². The van der Waals surface area contributed by atoms with Crippen molar-refractivity contribution in [3.63, 3.8) is 0 Å². The van der Waals surface area contributed by atoms with Gasteiger partial charge in [0, 0.05) is 12.0 Å². The molecule has 1 fully saturated rings. The van der Waals surface area contributed by atoms with Crippen molar-refractivity contribution in [2.24, 2.45) is 11.3 Å². The van der Waals surface area contributed by atoms with E-state index in [1.54, 1.807) is 18.2 Å². The lowest BCUT2D eigenvalue weighted by molar-refractivity contribution is -0.149. The molecule has 34 heavy (non-hydrogen) atoms. The molecular formula is C29H30N2O3. The number of hydrogen-bond acceptors (Lipinski definition) is 5. The van der Waals surface area contributed by atoms with Crippen LogP contribution in [0.3, 0.4) is 0 Å². The van der Waals surface area contributed by atoms with E-state index in [0.717, 1.165) is 12.0 Å². The van der Waals surface area contributed by atoms with Gasteiger partial charge in [0.25, 0.3) is 0 Å². The molecule has 1 saturated carbocycles. The van der Waals surface area contributed by atoms with Crippen LogP contribution in [-0.2, 0) is 9.53 Å². The highest BCUT2D eigenvalue weighted by molar-refractivity contribution is 5.80. The van der Waals surface area contributed by atoms with Gasteiger partial charge in [0.05, 0.1) is 11.6 Å². The number of pyridine rings is 1. The molecule has 1 aliphatic rings. The van der Waals surface area contributed by atoms with Crippen molar-refractivity contribution in [1.82, 2.24) is 4.98 Å². The minimum absolute atomic E-state index is 0.0611. The van der Waals surface area contributed by atoms with E-state index in [4.69, 9.17) is 9.47 Å². The van der Waals surface area contributed by atoms with Gasteiger partial charge in [-0.2, -0.15) is 5.26 Å². The molecule has 0 radical (unpaired) electrons. The van der Waals surface area contributed by atoms with Crippen LogP contribution in [0.15, 0.2) is 72.8 Å². The Bertz CT molecular complexity index is 1180. The van der Waals surface area contributed by atoms with E-state index < -0.39 is 6.10 Å². The quantitative estimate of drug-likeness (QED) is 0.345. The summed E-state index contributed by atoms with van der Waals surface area (Å²) in [6.45, 7) is 8.53. The van der Waals surface area contributed by atoms with Crippen LogP contribution in [0.25, 0.3) is 0 Å². The lowest BCUT2D eigenvalue weighted by Crippen LogP contribution is -2.15. The first-order valence-corrected chi connectivity index (χ1v) is 11.7. The molecule has 4 atom stereocenters. The zero-order chi connectivity index (χ0) is 24.3. The van der Waals surface area contributed by atoms with Crippen LogP contribution in [0.2, 0.25) is 0 Å². The van der Waals surface area contributed by atoms with Crippen molar-refractivity contribution in [2.75, 3.05) is 0 Å². The van der Waals surface area contributed by atoms with Crippen molar-refractivity contribution < 1.29 is 14.3 Å². The highest BCUT2D eigenvalue weighted by Crippen LogP contribution is 2.65. The molecule has 0 spiro atoms. The van der Waals surface area contributed by atoms with Crippen LogP contribution >= 0.6 is 0 Å². The van der Waals surface area contributed by atoms with Crippen LogP contribution in [0.4, 0.5) is 0 Å². The van der Waals surface area contributed by atoms with Gasteiger partial charge in [-0.1, -0.05) is 76.2 Å². The van der Waals surface area contributed by atoms with Gasteiger partial charge < -0.3 is 9.47 Å². The number of carbonyl (C=O) groups is 1. The fraction of sp³-hybridized carbons (Fsp3) is 0.345. The molecule has 5 heteroatoms. The molecule has 1 aliphatic carbocycles. The molecule has 0 bridgehead atoms. The first-order chi connectivity index (χ1) is 16.3. The Balaban J connectivity index is 1.46. The molecule has 0 N–H and O–H groups in total. The van der Waals surface area contributed by atoms with Crippen molar-refractivity contribution in [2.45, 2.75) is 52.1 Å². The number of hydrogen-bond donors (Lipinski definition) is 0. The van der Waals surface area contributed by atoms with E-state index in [2.05, 4.69) is 63.0 Å². The summed E-state index contributed by atoms with van der Waals surface area (Å²) >= 11 is 0. The third-order valence-corrected chi connectivity index (χ3v) is 6.89. The standard InChI is InChI=1S/C29H30N2O3/c1-5-19(2)20-14-16-21(17-15-20)26-27(29(26,3)4)28(32)34-24(18-30)23-12-9-13-25(31-23)33-22-10-7-6-8-11-22/h6-17,19,24,26-27H,5H2,1-4H3/t19?,24?,26-,27+/m1/s1. The predicted molar refractivity (Wildman–Crippen MR) is 130 cm³/mol. The Kier molecular flexibility index (Phi) is 6.70. The lowest BCUT2D eigenvalue weighted by atomic mass is 9.95. The fourth-order valence-corrected chi connectivity index (χ4v) is 4.55. The van der Waals surface area contributed by atoms with E-state index in [1.165, 1.54) is 5.56 Å². The Hall–Kier alpha value is -3.65. The topological polar surface area (TPSA) is 72.2 Å². The lowest BCUT2D eigenvalue weighted by Gasteiger charge is -2.13. The van der Waals surface area contributed by atoms with E-state index in [-0.39, 0.29) is 23.2 Å². The number of benzene rings is 2. The first kappa shape index (κ1) is 23.5. The molecule has 3 aromatic rings. The van der Waals surface area contributed by atoms with E-state index >= 15 is 0 Å². The molecule has 0 saturated heterocycles. The second-order valence-electron chi connectivity index (χ2n) is 9.51. The third-order valence-electron chi connectivity index (χ3n) is 6.89. The summed E-state index contributed by atoms with van der Waals surface area (Å²) in [7, 11) is 0. The number of carbonyl (C=O) groups excluding carboxylic acids is 1. The second kappa shape index (κ2) is 9.69. The van der Waals surface area contributed by atoms with Crippen molar-refractivity contribution in [3.05, 3.63) is 89.6 Å². The molecular weight excluding hydrogens is 424 g/mol. The Morgan fingerprint density at radius 2 is 1.76 bits per heavy atom. The zero-order valence-corrected chi connectivity index (χ0v) is 20.1. The van der Waals surface area contributed by atoms with Crippen molar-refractivity contribution >= 4 is 5.97 Å². The van der Waals surface area contributed by atoms with Crippen molar-refractivity contribution in [3.8, 4) is 17.7 Å². The summed E-state index contributed by atoms with van der Waals surface area (Å²) in [6, 6.07) is 25.0. The minimum Gasteiger partial charge on any atom is -0.440 e. The number of nitriles is 1. The molecule has 1 aromatic heterocycles. The Morgan fingerprint density at radius 1 is 1.06 bits per heavy atom. The average molecular weight is 455 g/mol. The van der Waals surface area contributed by atoms with Crippen LogP contribution in [0.1, 0.15) is 68.9 Å². The van der Waals surface area contributed by atoms with Gasteiger partial charge in [-0.15, -0.1) is 0 Å². The zero-order valence-electron chi connectivity index (χ0n) is 20.1. The molecule has 1 heterocycles. The molecule has 2 unspecified atom stereocenters. The van der Waals surface area contributed by atoms with Gasteiger partial charge in [0.2, 0.25) is 12.0 Å². The third kappa shape index (κ3) is 4.82. The van der Waals surface area contributed by atoms with Crippen LogP contribution < -0.4 is 4.74 Å². The highest BCUT2D eigenvalue weighted by atomic mass is 16.5. The van der Waals surface area contributed by atoms with Crippen LogP contribution in [0.5, 0.6) is 11.6 Å². The molecule has 2 aromatic carbocycles. The first-order valence-electron chi connectivity index (χ1n) is 11.7. The maximum absolute atomic E-state index is 13.1. The average Bonchev–Trinajstić information content (AvgIpc) is 3.44. The molecule has 5 nitrogen and oxygen atoms in total. The fourth-order valence-electron chi connectivity index (χ4n) is 4.55. The normalized spacial score (nSPS) is 20.0. The monoisotopic (exact) mass is 454 g/mol. The van der Waals surface area contributed by atoms with E-state index in [0.29, 0.717) is 23.2 Å². The number of ether oxygens (including phenoxy) is 2. The van der Waals surface area contributed by atoms with E-state index in [1.807, 2.05) is 30.3 Å². The maximum Gasteiger partial charge on any atom is 0.311 e. The SMILES string of the molecule is CCC(C)c1ccc([C@@H]2[C@@H](C(=O)OC(C#N)c3cccc(Oc4ccccc4)n3)C2(C)C)cc1. The number of rotatable bonds is 8. The molecule has 174 valence electrons.